The van der Waals surface area contributed by atoms with Crippen LogP contribution < -0.4 is 4.90 Å². The quantitative estimate of drug-likeness (QED) is 0.813. The molecule has 0 fully saturated rings. The molecule has 0 saturated heterocycles. The van der Waals surface area contributed by atoms with Crippen LogP contribution >= 0.6 is 11.6 Å². The molecule has 106 valence electrons. The summed E-state index contributed by atoms with van der Waals surface area (Å²) in [5.41, 5.74) is 3.22. The molecule has 4 nitrogen and oxygen atoms in total. The molecule has 0 unspecified atom stereocenters. The van der Waals surface area contributed by atoms with Gasteiger partial charge in [-0.25, -0.2) is 4.79 Å². The maximum atomic E-state index is 11.8. The molecule has 0 atom stereocenters. The number of esters is 1. The van der Waals surface area contributed by atoms with E-state index in [4.69, 9.17) is 16.3 Å². The fourth-order valence-electron chi connectivity index (χ4n) is 2.14. The Morgan fingerprint density at radius 2 is 2.10 bits per heavy atom. The van der Waals surface area contributed by atoms with Gasteiger partial charge >= 0.3 is 5.97 Å². The van der Waals surface area contributed by atoms with Crippen LogP contribution in [-0.2, 0) is 4.74 Å². The van der Waals surface area contributed by atoms with Crippen LogP contribution in [0.5, 0.6) is 0 Å². The number of hydrogen-bond donors (Lipinski definition) is 0. The molecule has 5 heteroatoms. The van der Waals surface area contributed by atoms with Gasteiger partial charge in [-0.3, -0.25) is 4.98 Å². The molecule has 2 aromatic rings. The van der Waals surface area contributed by atoms with Gasteiger partial charge in [-0.15, -0.1) is 0 Å². The van der Waals surface area contributed by atoms with Crippen LogP contribution in [0.3, 0.4) is 0 Å². The minimum atomic E-state index is -0.443. The Labute approximate surface area is 123 Å². The Hall–Kier alpha value is -1.81. The number of fused-ring (bicyclic) bond motifs is 1. The molecule has 0 amide bonds. The highest BCUT2D eigenvalue weighted by atomic mass is 35.5. The van der Waals surface area contributed by atoms with Crippen molar-refractivity contribution in [3.05, 3.63) is 34.5 Å². The van der Waals surface area contributed by atoms with E-state index in [1.54, 1.807) is 6.92 Å². The summed E-state index contributed by atoms with van der Waals surface area (Å²) < 4.78 is 4.98. The predicted molar refractivity (Wildman–Crippen MR) is 81.8 cm³/mol. The summed E-state index contributed by atoms with van der Waals surface area (Å²) in [4.78, 5) is 18.1. The Morgan fingerprint density at radius 3 is 2.70 bits per heavy atom. The molecule has 0 N–H and O–H groups in total. The van der Waals surface area contributed by atoms with Crippen molar-refractivity contribution in [2.45, 2.75) is 13.8 Å². The summed E-state index contributed by atoms with van der Waals surface area (Å²) in [6.45, 7) is 4.07. The molecule has 0 radical (unpaired) electrons. The average molecular weight is 293 g/mol. The maximum Gasteiger partial charge on any atom is 0.341 e. The number of pyridine rings is 1. The number of anilines is 1. The van der Waals surface area contributed by atoms with E-state index in [0.717, 1.165) is 22.2 Å². The van der Waals surface area contributed by atoms with Crippen LogP contribution in [0.1, 0.15) is 22.8 Å². The second-order valence-electron chi connectivity index (χ2n) is 4.76. The Bertz CT molecular complexity index is 668. The van der Waals surface area contributed by atoms with E-state index in [9.17, 15) is 4.79 Å². The zero-order chi connectivity index (χ0) is 14.9. The first-order chi connectivity index (χ1) is 9.45. The van der Waals surface area contributed by atoms with Crippen LogP contribution in [0.15, 0.2) is 18.3 Å². The number of nitrogens with zero attached hydrogens (tertiary/aromatic N) is 2. The lowest BCUT2D eigenvalue weighted by Gasteiger charge is -2.17. The van der Waals surface area contributed by atoms with E-state index in [-0.39, 0.29) is 0 Å². The summed E-state index contributed by atoms with van der Waals surface area (Å²) in [5.74, 6) is -0.443. The summed E-state index contributed by atoms with van der Waals surface area (Å²) >= 11 is 6.32. The van der Waals surface area contributed by atoms with E-state index in [0.29, 0.717) is 17.2 Å². The monoisotopic (exact) mass is 292 g/mol. The predicted octanol–water partition coefficient (Wildman–Crippen LogP) is 3.44. The van der Waals surface area contributed by atoms with E-state index in [1.165, 1.54) is 6.20 Å². The van der Waals surface area contributed by atoms with Crippen LogP contribution in [0.25, 0.3) is 10.9 Å². The summed E-state index contributed by atoms with van der Waals surface area (Å²) in [7, 11) is 3.95. The van der Waals surface area contributed by atoms with Gasteiger partial charge in [0.15, 0.2) is 0 Å². The summed E-state index contributed by atoms with van der Waals surface area (Å²) in [5, 5.41) is 1.15. The van der Waals surface area contributed by atoms with Crippen molar-refractivity contribution in [1.29, 1.82) is 0 Å². The minimum absolute atomic E-state index is 0.304. The van der Waals surface area contributed by atoms with Crippen LogP contribution in [0.4, 0.5) is 5.69 Å². The van der Waals surface area contributed by atoms with E-state index in [2.05, 4.69) is 4.98 Å². The SMILES string of the molecule is CCOC(=O)c1cnc2cc(N(C)C)c(C)cc2c1Cl. The third kappa shape index (κ3) is 2.56. The lowest BCUT2D eigenvalue weighted by molar-refractivity contribution is 0.0526. The first-order valence-electron chi connectivity index (χ1n) is 6.39. The number of halogens is 1. The van der Waals surface area contributed by atoms with Crippen molar-refractivity contribution < 1.29 is 9.53 Å². The number of ether oxygens (including phenoxy) is 1. The average Bonchev–Trinajstić information content (AvgIpc) is 2.39. The lowest BCUT2D eigenvalue weighted by Crippen LogP contribution is -2.11. The fourth-order valence-corrected chi connectivity index (χ4v) is 2.41. The second kappa shape index (κ2) is 5.67. The molecule has 0 spiro atoms. The van der Waals surface area contributed by atoms with Crippen molar-refractivity contribution in [3.8, 4) is 0 Å². The molecule has 2 rings (SSSR count). The molecular formula is C15H17ClN2O2. The number of aromatic nitrogens is 1. The van der Waals surface area contributed by atoms with Crippen molar-refractivity contribution in [3.63, 3.8) is 0 Å². The number of carbonyl (C=O) groups excluding carboxylic acids is 1. The highest BCUT2D eigenvalue weighted by molar-refractivity contribution is 6.38. The zero-order valence-electron chi connectivity index (χ0n) is 12.0. The molecule has 20 heavy (non-hydrogen) atoms. The van der Waals surface area contributed by atoms with Gasteiger partial charge in [-0.2, -0.15) is 0 Å². The fraction of sp³-hybridized carbons (Fsp3) is 0.333. The summed E-state index contributed by atoms with van der Waals surface area (Å²) in [6, 6.07) is 3.91. The van der Waals surface area contributed by atoms with Crippen LogP contribution in [0.2, 0.25) is 5.02 Å². The highest BCUT2D eigenvalue weighted by Crippen LogP contribution is 2.31. The molecule has 0 bridgehead atoms. The van der Waals surface area contributed by atoms with Gasteiger partial charge in [-0.1, -0.05) is 11.6 Å². The van der Waals surface area contributed by atoms with Gasteiger partial charge in [0.2, 0.25) is 0 Å². The third-order valence-electron chi connectivity index (χ3n) is 3.10. The summed E-state index contributed by atoms with van der Waals surface area (Å²) in [6.07, 6.45) is 1.47. The number of benzene rings is 1. The first kappa shape index (κ1) is 14.6. The molecule has 0 aliphatic heterocycles. The van der Waals surface area contributed by atoms with Gasteiger partial charge in [0, 0.05) is 31.4 Å². The van der Waals surface area contributed by atoms with Crippen molar-refractivity contribution in [2.24, 2.45) is 0 Å². The lowest BCUT2D eigenvalue weighted by atomic mass is 10.1. The van der Waals surface area contributed by atoms with E-state index >= 15 is 0 Å². The van der Waals surface area contributed by atoms with Crippen molar-refractivity contribution >= 4 is 34.2 Å². The van der Waals surface area contributed by atoms with Gasteiger partial charge in [-0.05, 0) is 31.5 Å². The van der Waals surface area contributed by atoms with Crippen LogP contribution in [0, 0.1) is 6.92 Å². The smallest absolute Gasteiger partial charge is 0.341 e. The molecule has 0 saturated carbocycles. The first-order valence-corrected chi connectivity index (χ1v) is 6.76. The number of hydrogen-bond acceptors (Lipinski definition) is 4. The highest BCUT2D eigenvalue weighted by Gasteiger charge is 2.16. The largest absolute Gasteiger partial charge is 0.462 e. The van der Waals surface area contributed by atoms with Crippen molar-refractivity contribution in [2.75, 3.05) is 25.6 Å². The second-order valence-corrected chi connectivity index (χ2v) is 5.13. The topological polar surface area (TPSA) is 42.4 Å². The van der Waals surface area contributed by atoms with Crippen molar-refractivity contribution in [1.82, 2.24) is 4.98 Å². The number of carbonyl (C=O) groups is 1. The Kier molecular flexibility index (Phi) is 4.14. The Morgan fingerprint density at radius 1 is 1.40 bits per heavy atom. The van der Waals surface area contributed by atoms with Crippen LogP contribution in [-0.4, -0.2) is 31.7 Å². The molecule has 1 heterocycles. The number of aryl methyl sites for hydroxylation is 1. The molecular weight excluding hydrogens is 276 g/mol. The minimum Gasteiger partial charge on any atom is -0.462 e. The van der Waals surface area contributed by atoms with E-state index in [1.807, 2.05) is 38.1 Å². The molecule has 1 aromatic heterocycles. The molecule has 0 aliphatic rings. The van der Waals surface area contributed by atoms with Gasteiger partial charge in [0.05, 0.1) is 22.7 Å². The van der Waals surface area contributed by atoms with E-state index < -0.39 is 5.97 Å². The standard InChI is InChI=1S/C15H17ClN2O2/c1-5-20-15(19)11-8-17-12-7-13(18(3)4)9(2)6-10(12)14(11)16/h6-8H,5H2,1-4H3. The van der Waals surface area contributed by atoms with Gasteiger partial charge < -0.3 is 9.64 Å². The number of rotatable bonds is 3. The maximum absolute atomic E-state index is 11.8. The molecule has 0 aliphatic carbocycles. The zero-order valence-corrected chi connectivity index (χ0v) is 12.8. The van der Waals surface area contributed by atoms with Gasteiger partial charge in [0.25, 0.3) is 0 Å². The normalized spacial score (nSPS) is 10.7. The molecule has 1 aromatic carbocycles. The third-order valence-corrected chi connectivity index (χ3v) is 3.50. The van der Waals surface area contributed by atoms with Gasteiger partial charge in [0.1, 0.15) is 0 Å². The Balaban J connectivity index is 2.62.